The van der Waals surface area contributed by atoms with Crippen molar-refractivity contribution < 1.29 is 24.0 Å². The van der Waals surface area contributed by atoms with Gasteiger partial charge in [-0.25, -0.2) is 0 Å². The molecule has 1 aromatic carbocycles. The quantitative estimate of drug-likeness (QED) is 0.129. The number of fused-ring (bicyclic) bond motifs is 1. The van der Waals surface area contributed by atoms with Crippen LogP contribution >= 0.6 is 0 Å². The molecule has 1 spiro atoms. The summed E-state index contributed by atoms with van der Waals surface area (Å²) in [6.07, 6.45) is 17.8. The Labute approximate surface area is 318 Å². The van der Waals surface area contributed by atoms with Gasteiger partial charge in [-0.3, -0.25) is 34.1 Å². The zero-order valence-electron chi connectivity index (χ0n) is 31.8. The van der Waals surface area contributed by atoms with Crippen LogP contribution in [0.2, 0.25) is 0 Å². The second-order valence-corrected chi connectivity index (χ2v) is 15.6. The number of carbonyl (C=O) groups is 5. The Kier molecular flexibility index (Phi) is 13.0. The molecule has 1 N–H and O–H groups in total. The second kappa shape index (κ2) is 18.1. The molecule has 4 aliphatic heterocycles. The predicted octanol–water partition coefficient (Wildman–Crippen LogP) is 5.28. The number of pyridine rings is 1. The lowest BCUT2D eigenvalue weighted by Crippen LogP contribution is -2.52. The number of amides is 5. The Hall–Kier alpha value is -4.72. The van der Waals surface area contributed by atoms with E-state index in [9.17, 15) is 28.8 Å². The highest BCUT2D eigenvalue weighted by atomic mass is 16.2. The van der Waals surface area contributed by atoms with Crippen LogP contribution in [0, 0.1) is 11.8 Å². The molecule has 5 aliphatic rings. The average Bonchev–Trinajstić information content (AvgIpc) is 3.45. The lowest BCUT2D eigenvalue weighted by atomic mass is 9.96. The first-order chi connectivity index (χ1) is 26.2. The van der Waals surface area contributed by atoms with Crippen molar-refractivity contribution in [3.8, 4) is 11.8 Å². The Morgan fingerprint density at radius 3 is 2.50 bits per heavy atom. The summed E-state index contributed by atoms with van der Waals surface area (Å²) in [4.78, 5) is 77.8. The number of hydrogen-bond acceptors (Lipinski definition) is 6. The molecular formula is C43H55N5O6. The molecule has 0 bridgehead atoms. The van der Waals surface area contributed by atoms with Crippen LogP contribution < -0.4 is 10.9 Å². The SMILES string of the molecule is CCCCCC(=O)N1CCCC1.O=CN1CC(c2ccn(CCCCCCC#Cc3cccc4c3CN(C3CCC(=O)NC3=O)C4=O)c(=O)c2)CC12CC2. The zero-order valence-corrected chi connectivity index (χ0v) is 31.8. The van der Waals surface area contributed by atoms with Crippen LogP contribution in [0.5, 0.6) is 0 Å². The molecule has 2 unspecified atom stereocenters. The number of nitrogens with zero attached hydrogens (tertiary/aromatic N) is 4. The van der Waals surface area contributed by atoms with E-state index in [4.69, 9.17) is 0 Å². The first-order valence-electron chi connectivity index (χ1n) is 20.2. The van der Waals surface area contributed by atoms with Crippen molar-refractivity contribution in [2.24, 2.45) is 0 Å². The van der Waals surface area contributed by atoms with E-state index in [1.807, 2.05) is 34.2 Å². The molecule has 11 nitrogen and oxygen atoms in total. The van der Waals surface area contributed by atoms with E-state index in [0.29, 0.717) is 37.5 Å². The molecule has 2 aromatic rings. The number of rotatable bonds is 13. The van der Waals surface area contributed by atoms with Gasteiger partial charge in [-0.05, 0) is 87.1 Å². The molecule has 1 aromatic heterocycles. The summed E-state index contributed by atoms with van der Waals surface area (Å²) in [7, 11) is 0. The molecule has 5 amide bonds. The van der Waals surface area contributed by atoms with Gasteiger partial charge in [-0.1, -0.05) is 50.5 Å². The Balaban J connectivity index is 0.000000354. The van der Waals surface area contributed by atoms with Gasteiger partial charge in [0.15, 0.2) is 0 Å². The molecule has 5 heterocycles. The highest BCUT2D eigenvalue weighted by Gasteiger charge is 2.54. The van der Waals surface area contributed by atoms with Crippen molar-refractivity contribution >= 4 is 30.0 Å². The van der Waals surface area contributed by atoms with Crippen LogP contribution in [0.1, 0.15) is 143 Å². The van der Waals surface area contributed by atoms with Crippen molar-refractivity contribution in [2.75, 3.05) is 19.6 Å². The highest BCUT2D eigenvalue weighted by molar-refractivity contribution is 6.05. The Morgan fingerprint density at radius 2 is 1.80 bits per heavy atom. The fourth-order valence-electron chi connectivity index (χ4n) is 8.41. The largest absolute Gasteiger partial charge is 0.343 e. The number of piperidine rings is 1. The second-order valence-electron chi connectivity index (χ2n) is 15.6. The lowest BCUT2D eigenvalue weighted by molar-refractivity contribution is -0.137. The van der Waals surface area contributed by atoms with Crippen molar-refractivity contribution in [1.29, 1.82) is 0 Å². The van der Waals surface area contributed by atoms with E-state index < -0.39 is 11.9 Å². The molecule has 1 saturated carbocycles. The van der Waals surface area contributed by atoms with Crippen LogP contribution in [0.4, 0.5) is 0 Å². The third kappa shape index (κ3) is 9.31. The Bertz CT molecular complexity index is 1830. The minimum atomic E-state index is -0.631. The van der Waals surface area contributed by atoms with Gasteiger partial charge in [0.1, 0.15) is 6.04 Å². The Morgan fingerprint density at radius 1 is 1.00 bits per heavy atom. The van der Waals surface area contributed by atoms with Gasteiger partial charge in [0.2, 0.25) is 24.1 Å². The lowest BCUT2D eigenvalue weighted by Gasteiger charge is -2.29. The van der Waals surface area contributed by atoms with Gasteiger partial charge in [0, 0.05) is 86.8 Å². The van der Waals surface area contributed by atoms with Crippen LogP contribution in [-0.4, -0.2) is 80.5 Å². The molecule has 0 radical (unpaired) electrons. The van der Waals surface area contributed by atoms with Crippen molar-refractivity contribution in [2.45, 2.75) is 140 Å². The molecule has 288 valence electrons. The summed E-state index contributed by atoms with van der Waals surface area (Å²) >= 11 is 0. The smallest absolute Gasteiger partial charge is 0.255 e. The van der Waals surface area contributed by atoms with Crippen LogP contribution in [0.25, 0.3) is 0 Å². The van der Waals surface area contributed by atoms with E-state index in [0.717, 1.165) is 100 Å². The summed E-state index contributed by atoms with van der Waals surface area (Å²) in [6, 6.07) is 8.67. The number of imide groups is 1. The molecule has 3 saturated heterocycles. The predicted molar refractivity (Wildman–Crippen MR) is 205 cm³/mol. The summed E-state index contributed by atoms with van der Waals surface area (Å²) < 4.78 is 1.78. The van der Waals surface area contributed by atoms with E-state index in [2.05, 4.69) is 24.1 Å². The summed E-state index contributed by atoms with van der Waals surface area (Å²) in [5.74, 6) is 6.19. The standard InChI is InChI=1S/C33H36N4O5.C10H19NO/c38-22-36-20-25(19-33(36)14-15-33)24-13-17-35(30(40)18-24)16-6-4-2-1-3-5-8-23-9-7-10-26-27(23)21-37(32(26)42)28-11-12-29(39)34-31(28)41;1-2-3-4-7-10(12)11-8-5-6-9-11/h7,9-10,13,17-18,22,25,28H,1-4,6,11-12,14-16,19-21H2,(H,34,39,41);2-9H2,1H3. The van der Waals surface area contributed by atoms with Gasteiger partial charge in [-0.15, -0.1) is 0 Å². The zero-order chi connectivity index (χ0) is 38.1. The van der Waals surface area contributed by atoms with Gasteiger partial charge in [0.25, 0.3) is 11.5 Å². The van der Waals surface area contributed by atoms with Gasteiger partial charge in [-0.2, -0.15) is 0 Å². The third-order valence-electron chi connectivity index (χ3n) is 11.8. The van der Waals surface area contributed by atoms with Crippen LogP contribution in [0.15, 0.2) is 41.3 Å². The van der Waals surface area contributed by atoms with Crippen LogP contribution in [0.3, 0.4) is 0 Å². The van der Waals surface area contributed by atoms with Crippen molar-refractivity contribution in [3.05, 3.63) is 69.1 Å². The molecule has 2 atom stereocenters. The summed E-state index contributed by atoms with van der Waals surface area (Å²) in [5, 5.41) is 2.34. The number of hydrogen-bond donors (Lipinski definition) is 1. The molecule has 7 rings (SSSR count). The molecular weight excluding hydrogens is 683 g/mol. The van der Waals surface area contributed by atoms with Gasteiger partial charge >= 0.3 is 0 Å². The maximum Gasteiger partial charge on any atom is 0.255 e. The molecule has 54 heavy (non-hydrogen) atoms. The minimum Gasteiger partial charge on any atom is -0.343 e. The number of likely N-dealkylation sites (tertiary alicyclic amines) is 2. The minimum absolute atomic E-state index is 0.0258. The molecule has 4 fully saturated rings. The highest BCUT2D eigenvalue weighted by Crippen LogP contribution is 2.53. The number of carbonyl (C=O) groups excluding carboxylic acids is 5. The van der Waals surface area contributed by atoms with Crippen molar-refractivity contribution in [3.63, 3.8) is 0 Å². The molecule has 1 aliphatic carbocycles. The first kappa shape index (κ1) is 39.0. The average molecular weight is 738 g/mol. The number of nitrogens with one attached hydrogen (secondary N) is 1. The van der Waals surface area contributed by atoms with E-state index in [1.54, 1.807) is 21.6 Å². The number of aromatic nitrogens is 1. The normalized spacial score (nSPS) is 21.0. The fraction of sp³-hybridized carbons (Fsp3) is 0.581. The van der Waals surface area contributed by atoms with E-state index in [1.165, 1.54) is 25.7 Å². The third-order valence-corrected chi connectivity index (χ3v) is 11.8. The topological polar surface area (TPSA) is 129 Å². The first-order valence-corrected chi connectivity index (χ1v) is 20.2. The maximum atomic E-state index is 13.0. The van der Waals surface area contributed by atoms with Gasteiger partial charge < -0.3 is 19.3 Å². The number of unbranched alkanes of at least 4 members (excludes halogenated alkanes) is 6. The summed E-state index contributed by atoms with van der Waals surface area (Å²) in [6.45, 7) is 5.90. The monoisotopic (exact) mass is 737 g/mol. The molecule has 11 heteroatoms. The maximum absolute atomic E-state index is 13.0. The van der Waals surface area contributed by atoms with E-state index >= 15 is 0 Å². The van der Waals surface area contributed by atoms with E-state index in [-0.39, 0.29) is 35.3 Å². The van der Waals surface area contributed by atoms with Crippen molar-refractivity contribution in [1.82, 2.24) is 24.6 Å². The number of aryl methyl sites for hydroxylation is 1. The van der Waals surface area contributed by atoms with Crippen LogP contribution in [-0.2, 0) is 32.3 Å². The van der Waals surface area contributed by atoms with Gasteiger partial charge in [0.05, 0.1) is 0 Å². The summed E-state index contributed by atoms with van der Waals surface area (Å²) in [5.41, 5.74) is 3.36. The fourth-order valence-corrected chi connectivity index (χ4v) is 8.41. The number of benzene rings is 1.